The van der Waals surface area contributed by atoms with Crippen LogP contribution in [0.3, 0.4) is 0 Å². The van der Waals surface area contributed by atoms with Crippen LogP contribution in [-0.2, 0) is 19.2 Å². The quantitative estimate of drug-likeness (QED) is 0.374. The molecule has 3 aliphatic rings. The molecule has 3 rings (SSSR count). The van der Waals surface area contributed by atoms with Gasteiger partial charge in [0.1, 0.15) is 5.78 Å². The van der Waals surface area contributed by atoms with Gasteiger partial charge >= 0.3 is 0 Å². The van der Waals surface area contributed by atoms with Crippen molar-refractivity contribution in [1.29, 1.82) is 0 Å². The van der Waals surface area contributed by atoms with E-state index in [1.54, 1.807) is 4.90 Å². The van der Waals surface area contributed by atoms with Crippen LogP contribution >= 0.6 is 0 Å². The summed E-state index contributed by atoms with van der Waals surface area (Å²) in [7, 11) is 0. The molecule has 1 amide bonds. The molecule has 2 bridgehead atoms. The van der Waals surface area contributed by atoms with Gasteiger partial charge in [-0.2, -0.15) is 0 Å². The monoisotopic (exact) mass is 443 g/mol. The lowest BCUT2D eigenvalue weighted by molar-refractivity contribution is -0.152. The summed E-state index contributed by atoms with van der Waals surface area (Å²) in [5.41, 5.74) is 0. The van der Waals surface area contributed by atoms with Gasteiger partial charge in [0.25, 0.3) is 5.91 Å². The molecule has 5 nitrogen and oxygen atoms in total. The van der Waals surface area contributed by atoms with Gasteiger partial charge in [0.05, 0.1) is 6.04 Å². The van der Waals surface area contributed by atoms with Crippen molar-refractivity contribution < 1.29 is 19.2 Å². The molecule has 0 N–H and O–H groups in total. The Morgan fingerprint density at radius 1 is 0.719 bits per heavy atom. The van der Waals surface area contributed by atoms with E-state index < -0.39 is 11.9 Å². The summed E-state index contributed by atoms with van der Waals surface area (Å²) in [5, 5.41) is 0. The smallest absolute Gasteiger partial charge is 0.290 e. The van der Waals surface area contributed by atoms with Crippen molar-refractivity contribution >= 4 is 23.3 Å². The van der Waals surface area contributed by atoms with E-state index in [-0.39, 0.29) is 23.3 Å². The molecule has 32 heavy (non-hydrogen) atoms. The normalized spacial score (nSPS) is 31.5. The first kappa shape index (κ1) is 24.9. The number of fused-ring (bicyclic) bond motifs is 3. The third-order valence-electron chi connectivity index (χ3n) is 7.62. The number of piperidine rings is 1. The number of rotatable bonds is 0. The summed E-state index contributed by atoms with van der Waals surface area (Å²) < 4.78 is 0. The van der Waals surface area contributed by atoms with Crippen molar-refractivity contribution in [3.63, 3.8) is 0 Å². The highest BCUT2D eigenvalue weighted by Crippen LogP contribution is 2.34. The standard InChI is InChI=1S/C27H41NO4/c29-23-15-6-3-1-2-5-12-21-13-11-14-22(20-21)26(31)27(32)28-19-10-9-17-24(28)25(30)18-8-4-7-16-23/h3,6,21-22,24H,1-2,4-5,7-20H2/b6-3-. The minimum absolute atomic E-state index is 0.0903. The number of Topliss-reactive ketones (excluding diaryl/α,β-unsaturated/α-hetero) is 3. The third-order valence-corrected chi connectivity index (χ3v) is 7.62. The maximum Gasteiger partial charge on any atom is 0.290 e. The molecule has 1 saturated carbocycles. The van der Waals surface area contributed by atoms with Crippen LogP contribution in [0.5, 0.6) is 0 Å². The van der Waals surface area contributed by atoms with E-state index in [4.69, 9.17) is 0 Å². The van der Waals surface area contributed by atoms with E-state index >= 15 is 0 Å². The molecule has 2 aliphatic heterocycles. The molecule has 178 valence electrons. The van der Waals surface area contributed by atoms with Gasteiger partial charge in [0.15, 0.2) is 5.78 Å². The SMILES string of the molecule is O=C1C/C=C\CCCCC2CCCC(C2)C(=O)C(=O)N2CCCCC2C(=O)CCCCC1. The zero-order valence-corrected chi connectivity index (χ0v) is 19.7. The summed E-state index contributed by atoms with van der Waals surface area (Å²) in [6.07, 6.45) is 18.7. The Kier molecular flexibility index (Phi) is 10.1. The predicted octanol–water partition coefficient (Wildman–Crippen LogP) is 5.35. The second kappa shape index (κ2) is 13.1. The van der Waals surface area contributed by atoms with Gasteiger partial charge in [-0.3, -0.25) is 19.2 Å². The Balaban J connectivity index is 1.66. The fourth-order valence-electron chi connectivity index (χ4n) is 5.71. The summed E-state index contributed by atoms with van der Waals surface area (Å²) >= 11 is 0. The van der Waals surface area contributed by atoms with Crippen molar-refractivity contribution in [2.75, 3.05) is 6.54 Å². The van der Waals surface area contributed by atoms with Gasteiger partial charge in [-0.25, -0.2) is 0 Å². The van der Waals surface area contributed by atoms with Crippen LogP contribution in [-0.4, -0.2) is 40.7 Å². The molecule has 2 heterocycles. The Labute approximate surface area is 193 Å². The topological polar surface area (TPSA) is 71.5 Å². The highest BCUT2D eigenvalue weighted by Gasteiger charge is 2.38. The lowest BCUT2D eigenvalue weighted by Gasteiger charge is -2.36. The molecule has 0 aromatic carbocycles. The van der Waals surface area contributed by atoms with E-state index in [0.717, 1.165) is 83.5 Å². The first-order valence-electron chi connectivity index (χ1n) is 13.1. The minimum Gasteiger partial charge on any atom is -0.326 e. The number of ketones is 3. The molecule has 0 aromatic rings. The van der Waals surface area contributed by atoms with Gasteiger partial charge in [-0.05, 0) is 63.7 Å². The average Bonchev–Trinajstić information content (AvgIpc) is 2.81. The molecule has 1 saturated heterocycles. The van der Waals surface area contributed by atoms with E-state index in [1.165, 1.54) is 0 Å². The molecular formula is C27H41NO4. The number of amides is 1. The number of hydrogen-bond acceptors (Lipinski definition) is 4. The maximum absolute atomic E-state index is 13.2. The second-order valence-electron chi connectivity index (χ2n) is 10.1. The second-order valence-corrected chi connectivity index (χ2v) is 10.1. The summed E-state index contributed by atoms with van der Waals surface area (Å²) in [4.78, 5) is 52.8. The third kappa shape index (κ3) is 7.38. The highest BCUT2D eigenvalue weighted by molar-refractivity contribution is 6.37. The Morgan fingerprint density at radius 2 is 1.50 bits per heavy atom. The first-order valence-corrected chi connectivity index (χ1v) is 13.1. The van der Waals surface area contributed by atoms with Crippen molar-refractivity contribution in [3.05, 3.63) is 12.2 Å². The zero-order chi connectivity index (χ0) is 22.8. The van der Waals surface area contributed by atoms with Gasteiger partial charge in [0, 0.05) is 31.7 Å². The molecule has 5 heteroatoms. The molecule has 0 spiro atoms. The largest absolute Gasteiger partial charge is 0.326 e. The molecule has 0 radical (unpaired) electrons. The number of nitrogens with zero attached hydrogens (tertiary/aromatic N) is 1. The van der Waals surface area contributed by atoms with Crippen LogP contribution in [0.2, 0.25) is 0 Å². The number of hydrogen-bond donors (Lipinski definition) is 0. The van der Waals surface area contributed by atoms with E-state index in [9.17, 15) is 19.2 Å². The van der Waals surface area contributed by atoms with Crippen LogP contribution in [0.1, 0.15) is 109 Å². The van der Waals surface area contributed by atoms with Gasteiger partial charge in [-0.15, -0.1) is 0 Å². The van der Waals surface area contributed by atoms with Crippen molar-refractivity contribution in [2.24, 2.45) is 11.8 Å². The molecule has 1 aliphatic carbocycles. The summed E-state index contributed by atoms with van der Waals surface area (Å²) in [6.45, 7) is 0.526. The fourth-order valence-corrected chi connectivity index (χ4v) is 5.71. The van der Waals surface area contributed by atoms with Crippen LogP contribution in [0.15, 0.2) is 12.2 Å². The molecule has 3 unspecified atom stereocenters. The molecule has 2 fully saturated rings. The zero-order valence-electron chi connectivity index (χ0n) is 19.7. The van der Waals surface area contributed by atoms with Crippen LogP contribution < -0.4 is 0 Å². The van der Waals surface area contributed by atoms with E-state index in [2.05, 4.69) is 6.08 Å². The Bertz CT molecular complexity index is 698. The van der Waals surface area contributed by atoms with Gasteiger partial charge < -0.3 is 4.90 Å². The lowest BCUT2D eigenvalue weighted by atomic mass is 9.77. The van der Waals surface area contributed by atoms with Crippen LogP contribution in [0, 0.1) is 11.8 Å². The predicted molar refractivity (Wildman–Crippen MR) is 125 cm³/mol. The van der Waals surface area contributed by atoms with Crippen molar-refractivity contribution in [1.82, 2.24) is 4.90 Å². The van der Waals surface area contributed by atoms with Crippen molar-refractivity contribution in [2.45, 2.75) is 115 Å². The van der Waals surface area contributed by atoms with Crippen molar-refractivity contribution in [3.8, 4) is 0 Å². The van der Waals surface area contributed by atoms with E-state index in [1.807, 2.05) is 6.08 Å². The number of carbonyl (C=O) groups excluding carboxylic acids is 4. The maximum atomic E-state index is 13.2. The first-order chi connectivity index (χ1) is 15.6. The minimum atomic E-state index is -0.430. The summed E-state index contributed by atoms with van der Waals surface area (Å²) in [5.74, 6) is 0.0572. The summed E-state index contributed by atoms with van der Waals surface area (Å²) in [6, 6.07) is -0.430. The highest BCUT2D eigenvalue weighted by atomic mass is 16.2. The Hall–Kier alpha value is -1.78. The average molecular weight is 444 g/mol. The fraction of sp³-hybridized carbons (Fsp3) is 0.778. The molecule has 3 atom stereocenters. The van der Waals surface area contributed by atoms with Gasteiger partial charge in [0.2, 0.25) is 5.78 Å². The lowest BCUT2D eigenvalue weighted by Crippen LogP contribution is -2.51. The van der Waals surface area contributed by atoms with E-state index in [0.29, 0.717) is 38.1 Å². The molecular weight excluding hydrogens is 402 g/mol. The van der Waals surface area contributed by atoms with Crippen LogP contribution in [0.4, 0.5) is 0 Å². The Morgan fingerprint density at radius 3 is 2.38 bits per heavy atom. The van der Waals surface area contributed by atoms with Gasteiger partial charge in [-0.1, -0.05) is 44.3 Å². The number of carbonyl (C=O) groups is 4. The van der Waals surface area contributed by atoms with Crippen LogP contribution in [0.25, 0.3) is 0 Å². The number of allylic oxidation sites excluding steroid dienone is 2. The molecule has 0 aromatic heterocycles.